The van der Waals surface area contributed by atoms with Crippen molar-refractivity contribution < 1.29 is 14.3 Å². The molecule has 0 bridgehead atoms. The van der Waals surface area contributed by atoms with Crippen molar-refractivity contribution in [2.24, 2.45) is 0 Å². The van der Waals surface area contributed by atoms with Gasteiger partial charge < -0.3 is 9.47 Å². The van der Waals surface area contributed by atoms with E-state index >= 15 is 0 Å². The number of carbonyl (C=O) groups is 1. The van der Waals surface area contributed by atoms with E-state index in [1.165, 1.54) is 18.0 Å². The van der Waals surface area contributed by atoms with Gasteiger partial charge in [-0.2, -0.15) is 0 Å². The first kappa shape index (κ1) is 14.5. The predicted octanol–water partition coefficient (Wildman–Crippen LogP) is 3.38. The zero-order valence-electron chi connectivity index (χ0n) is 11.3. The van der Waals surface area contributed by atoms with Gasteiger partial charge in [-0.15, -0.1) is 0 Å². The Kier molecular flexibility index (Phi) is 5.57. The third kappa shape index (κ3) is 4.67. The summed E-state index contributed by atoms with van der Waals surface area (Å²) >= 11 is 0. The van der Waals surface area contributed by atoms with Crippen LogP contribution in [0.3, 0.4) is 0 Å². The molecule has 104 valence electrons. The minimum absolute atomic E-state index is 0.508. The number of hydrogen-bond acceptors (Lipinski definition) is 3. The summed E-state index contributed by atoms with van der Waals surface area (Å²) in [5, 5.41) is 1.26. The fraction of sp³-hybridized carbons (Fsp3) is 0.188. The summed E-state index contributed by atoms with van der Waals surface area (Å²) in [6.45, 7) is 0. The van der Waals surface area contributed by atoms with Crippen molar-refractivity contribution in [1.82, 2.24) is 0 Å². The van der Waals surface area contributed by atoms with Crippen molar-refractivity contribution in [2.45, 2.75) is 6.42 Å². The standard InChI is InChI=1S/C16H17O3P/c1-18-16(17)19-14-7-9-15(10-8-14)20-12-11-13-5-3-2-4-6-13/h2-10,20H,11-12H2,1H3. The lowest BCUT2D eigenvalue weighted by Gasteiger charge is -2.05. The summed E-state index contributed by atoms with van der Waals surface area (Å²) in [5.74, 6) is 0.508. The van der Waals surface area contributed by atoms with Gasteiger partial charge in [0.05, 0.1) is 7.11 Å². The summed E-state index contributed by atoms with van der Waals surface area (Å²) in [4.78, 5) is 11.0. The number of rotatable bonds is 5. The number of ether oxygens (including phenoxy) is 2. The van der Waals surface area contributed by atoms with Crippen molar-refractivity contribution in [1.29, 1.82) is 0 Å². The maximum atomic E-state index is 11.0. The molecule has 0 aliphatic rings. The molecular formula is C16H17O3P. The predicted molar refractivity (Wildman–Crippen MR) is 82.4 cm³/mol. The lowest BCUT2D eigenvalue weighted by molar-refractivity contribution is 0.121. The molecule has 0 aromatic heterocycles. The Morgan fingerprint density at radius 1 is 1.05 bits per heavy atom. The summed E-state index contributed by atoms with van der Waals surface area (Å²) < 4.78 is 9.37. The first-order valence-electron chi connectivity index (χ1n) is 6.41. The number of carbonyl (C=O) groups excluding carboxylic acids is 1. The third-order valence-corrected chi connectivity index (χ3v) is 4.05. The van der Waals surface area contributed by atoms with Crippen LogP contribution in [-0.2, 0) is 11.2 Å². The third-order valence-electron chi connectivity index (χ3n) is 2.81. The molecule has 1 unspecified atom stereocenters. The molecule has 0 spiro atoms. The highest BCUT2D eigenvalue weighted by Crippen LogP contribution is 2.16. The van der Waals surface area contributed by atoms with E-state index in [4.69, 9.17) is 4.74 Å². The Morgan fingerprint density at radius 3 is 2.40 bits per heavy atom. The minimum Gasteiger partial charge on any atom is -0.437 e. The number of hydrogen-bond donors (Lipinski definition) is 0. The largest absolute Gasteiger partial charge is 0.513 e. The van der Waals surface area contributed by atoms with E-state index in [0.717, 1.165) is 21.2 Å². The Hall–Kier alpha value is -1.86. The summed E-state index contributed by atoms with van der Waals surface area (Å²) in [7, 11) is 2.04. The molecule has 0 N–H and O–H groups in total. The Labute approximate surface area is 120 Å². The van der Waals surface area contributed by atoms with Crippen molar-refractivity contribution in [3.05, 3.63) is 60.2 Å². The molecule has 2 aromatic rings. The monoisotopic (exact) mass is 288 g/mol. The molecule has 0 saturated heterocycles. The van der Waals surface area contributed by atoms with Crippen LogP contribution in [0, 0.1) is 0 Å². The normalized spacial score (nSPS) is 10.7. The van der Waals surface area contributed by atoms with Crippen LogP contribution < -0.4 is 10.0 Å². The molecule has 1 atom stereocenters. The summed E-state index contributed by atoms with van der Waals surface area (Å²) in [6, 6.07) is 18.0. The Bertz CT molecular complexity index is 537. The van der Waals surface area contributed by atoms with E-state index in [2.05, 4.69) is 29.0 Å². The van der Waals surface area contributed by atoms with Gasteiger partial charge in [-0.05, 0) is 35.6 Å². The minimum atomic E-state index is -0.690. The summed E-state index contributed by atoms with van der Waals surface area (Å²) in [6.07, 6.45) is 1.52. The molecule has 0 fully saturated rings. The fourth-order valence-electron chi connectivity index (χ4n) is 1.77. The quantitative estimate of drug-likeness (QED) is 0.480. The average Bonchev–Trinajstić information content (AvgIpc) is 2.50. The van der Waals surface area contributed by atoms with Gasteiger partial charge in [0, 0.05) is 0 Å². The first-order valence-corrected chi connectivity index (χ1v) is 7.62. The van der Waals surface area contributed by atoms with Crippen molar-refractivity contribution in [2.75, 3.05) is 13.3 Å². The molecule has 20 heavy (non-hydrogen) atoms. The lowest BCUT2D eigenvalue weighted by Crippen LogP contribution is -2.07. The molecule has 0 aliphatic heterocycles. The smallest absolute Gasteiger partial charge is 0.437 e. The molecule has 0 heterocycles. The van der Waals surface area contributed by atoms with Gasteiger partial charge in [-0.25, -0.2) is 4.79 Å². The van der Waals surface area contributed by atoms with Gasteiger partial charge in [0.15, 0.2) is 0 Å². The van der Waals surface area contributed by atoms with Crippen LogP contribution in [0.15, 0.2) is 54.6 Å². The molecule has 0 radical (unpaired) electrons. The van der Waals surface area contributed by atoms with Crippen molar-refractivity contribution in [3.8, 4) is 5.75 Å². The van der Waals surface area contributed by atoms with Crippen LogP contribution >= 0.6 is 8.58 Å². The van der Waals surface area contributed by atoms with Crippen LogP contribution in [0.4, 0.5) is 4.79 Å². The van der Waals surface area contributed by atoms with Gasteiger partial charge in [0.1, 0.15) is 5.75 Å². The molecule has 2 rings (SSSR count). The van der Waals surface area contributed by atoms with Gasteiger partial charge in [0.2, 0.25) is 0 Å². The second-order valence-corrected chi connectivity index (χ2v) is 5.67. The lowest BCUT2D eigenvalue weighted by atomic mass is 10.2. The van der Waals surface area contributed by atoms with Gasteiger partial charge in [-0.1, -0.05) is 51.0 Å². The maximum absolute atomic E-state index is 11.0. The molecule has 4 heteroatoms. The van der Waals surface area contributed by atoms with Crippen LogP contribution in [0.5, 0.6) is 5.75 Å². The molecule has 2 aromatic carbocycles. The molecular weight excluding hydrogens is 271 g/mol. The second kappa shape index (κ2) is 7.66. The first-order chi connectivity index (χ1) is 9.78. The Balaban J connectivity index is 1.80. The van der Waals surface area contributed by atoms with Gasteiger partial charge in [-0.3, -0.25) is 0 Å². The topological polar surface area (TPSA) is 35.5 Å². The van der Waals surface area contributed by atoms with Gasteiger partial charge in [0.25, 0.3) is 0 Å². The molecule has 0 aliphatic carbocycles. The van der Waals surface area contributed by atoms with Crippen LogP contribution in [0.25, 0.3) is 0 Å². The van der Waals surface area contributed by atoms with E-state index in [1.807, 2.05) is 18.2 Å². The van der Waals surface area contributed by atoms with Crippen LogP contribution in [0.1, 0.15) is 5.56 Å². The zero-order chi connectivity index (χ0) is 14.2. The van der Waals surface area contributed by atoms with Gasteiger partial charge >= 0.3 is 6.16 Å². The highest BCUT2D eigenvalue weighted by Gasteiger charge is 2.03. The SMILES string of the molecule is COC(=O)Oc1ccc(PCCc2ccccc2)cc1. The number of benzene rings is 2. The number of aryl methyl sites for hydroxylation is 1. The number of methoxy groups -OCH3 is 1. The average molecular weight is 288 g/mol. The highest BCUT2D eigenvalue weighted by atomic mass is 31.1. The van der Waals surface area contributed by atoms with E-state index in [-0.39, 0.29) is 0 Å². The van der Waals surface area contributed by atoms with E-state index in [0.29, 0.717) is 5.75 Å². The van der Waals surface area contributed by atoms with Crippen LogP contribution in [-0.4, -0.2) is 19.4 Å². The maximum Gasteiger partial charge on any atom is 0.513 e. The Morgan fingerprint density at radius 2 is 1.75 bits per heavy atom. The zero-order valence-corrected chi connectivity index (χ0v) is 12.3. The highest BCUT2D eigenvalue weighted by molar-refractivity contribution is 7.47. The molecule has 0 saturated carbocycles. The van der Waals surface area contributed by atoms with Crippen molar-refractivity contribution >= 4 is 20.0 Å². The van der Waals surface area contributed by atoms with E-state index in [1.54, 1.807) is 12.1 Å². The second-order valence-electron chi connectivity index (χ2n) is 4.24. The van der Waals surface area contributed by atoms with E-state index in [9.17, 15) is 4.79 Å². The van der Waals surface area contributed by atoms with Crippen LogP contribution in [0.2, 0.25) is 0 Å². The summed E-state index contributed by atoms with van der Waals surface area (Å²) in [5.41, 5.74) is 1.37. The molecule has 3 nitrogen and oxygen atoms in total. The van der Waals surface area contributed by atoms with Crippen molar-refractivity contribution in [3.63, 3.8) is 0 Å². The van der Waals surface area contributed by atoms with E-state index < -0.39 is 6.16 Å². The molecule has 0 amide bonds. The fourth-order valence-corrected chi connectivity index (χ4v) is 2.88.